The lowest BCUT2D eigenvalue weighted by Gasteiger charge is -2.46. The number of carbonyl (C=O) groups excluding carboxylic acids is 1. The molecule has 14 nitrogen and oxygen atoms in total. The van der Waals surface area contributed by atoms with Crippen molar-refractivity contribution >= 4 is 5.91 Å². The van der Waals surface area contributed by atoms with E-state index in [0.29, 0.717) is 12.8 Å². The Morgan fingerprint density at radius 1 is 0.597 bits per heavy atom. The third-order valence-corrected chi connectivity index (χ3v) is 10.3. The molecule has 0 spiro atoms. The lowest BCUT2D eigenvalue weighted by Crippen LogP contribution is -2.65. The van der Waals surface area contributed by atoms with Crippen LogP contribution in [0, 0.1) is 0 Å². The maximum Gasteiger partial charge on any atom is 0.220 e. The Morgan fingerprint density at radius 3 is 1.69 bits per heavy atom. The predicted molar refractivity (Wildman–Crippen MR) is 239 cm³/mol. The molecule has 14 heteroatoms. The summed E-state index contributed by atoms with van der Waals surface area (Å²) in [4.78, 5) is 13.0. The number of unbranched alkanes of at least 4 members (excludes halogenated alkanes) is 4. The van der Waals surface area contributed by atoms with Gasteiger partial charge in [-0.05, 0) is 70.6 Å². The van der Waals surface area contributed by atoms with Crippen LogP contribution in [-0.2, 0) is 23.7 Å². The zero-order valence-electron chi connectivity index (χ0n) is 36.8. The summed E-state index contributed by atoms with van der Waals surface area (Å²) in [6.07, 6.45) is 27.7. The van der Waals surface area contributed by atoms with Gasteiger partial charge in [0.25, 0.3) is 0 Å². The van der Waals surface area contributed by atoms with Crippen molar-refractivity contribution in [2.45, 2.75) is 177 Å². The van der Waals surface area contributed by atoms with Gasteiger partial charge in [0, 0.05) is 6.42 Å². The first-order valence-corrected chi connectivity index (χ1v) is 22.5. The van der Waals surface area contributed by atoms with Crippen LogP contribution in [0.15, 0.2) is 97.2 Å². The SMILES string of the molecule is CC/C=C\C/C=C\C/C=C\C/C=C\C/C=C\C/C=C\CCC(=O)NC(COC1OC(CO)C(OC2OC(CO)C(O)C(O)C2O)C(O)C1O)C(O)/C=C/CC/C=C/CCCCC. The molecule has 0 aliphatic carbocycles. The molecule has 2 aliphatic rings. The van der Waals surface area contributed by atoms with E-state index in [9.17, 15) is 45.6 Å². The van der Waals surface area contributed by atoms with Crippen LogP contribution in [0.3, 0.4) is 0 Å². The molecule has 2 rings (SSSR count). The standard InChI is InChI=1S/C48H77NO13/c1-3-5-7-9-11-13-14-15-16-17-18-19-20-21-22-24-26-28-30-32-40(53)49-36(37(52)31-29-27-25-23-12-10-8-6-4-2)35-59-47-45(58)43(56)46(39(34-51)61-47)62-48-44(57)42(55)41(54)38(33-50)60-48/h5,7,11-13,15-16,18-19,21-23,26,28-29,31,36-39,41-48,50-52,54-58H,3-4,6,8-10,14,17,20,24-25,27,30,32-35H2,1-2H3,(H,49,53)/b7-5-,13-11-,16-15-,19-18-,22-21-,23-12+,28-26-,31-29+. The number of ether oxygens (including phenoxy) is 4. The van der Waals surface area contributed by atoms with Crippen LogP contribution in [0.5, 0.6) is 0 Å². The molecular weight excluding hydrogens is 799 g/mol. The number of aliphatic hydroxyl groups excluding tert-OH is 8. The van der Waals surface area contributed by atoms with Crippen molar-refractivity contribution in [1.29, 1.82) is 0 Å². The molecule has 9 N–H and O–H groups in total. The zero-order chi connectivity index (χ0) is 45.4. The molecule has 2 aliphatic heterocycles. The Hall–Kier alpha value is -3.09. The van der Waals surface area contributed by atoms with Gasteiger partial charge in [-0.1, -0.05) is 124 Å². The molecule has 352 valence electrons. The number of allylic oxidation sites excluding steroid dienone is 15. The summed E-state index contributed by atoms with van der Waals surface area (Å²) >= 11 is 0. The van der Waals surface area contributed by atoms with Crippen molar-refractivity contribution in [2.75, 3.05) is 19.8 Å². The fourth-order valence-corrected chi connectivity index (χ4v) is 6.56. The van der Waals surface area contributed by atoms with Crippen molar-refractivity contribution in [3.05, 3.63) is 97.2 Å². The third-order valence-electron chi connectivity index (χ3n) is 10.3. The van der Waals surface area contributed by atoms with E-state index in [0.717, 1.165) is 64.2 Å². The van der Waals surface area contributed by atoms with Gasteiger partial charge in [0.2, 0.25) is 5.91 Å². The minimum Gasteiger partial charge on any atom is -0.394 e. The molecule has 0 aromatic heterocycles. The number of carbonyl (C=O) groups is 1. The van der Waals surface area contributed by atoms with Gasteiger partial charge in [0.05, 0.1) is 32.0 Å². The summed E-state index contributed by atoms with van der Waals surface area (Å²) in [6, 6.07) is -0.975. The highest BCUT2D eigenvalue weighted by Crippen LogP contribution is 2.29. The van der Waals surface area contributed by atoms with Crippen LogP contribution < -0.4 is 5.32 Å². The first-order valence-electron chi connectivity index (χ1n) is 22.5. The largest absolute Gasteiger partial charge is 0.394 e. The van der Waals surface area contributed by atoms with Crippen molar-refractivity contribution < 1.29 is 64.6 Å². The van der Waals surface area contributed by atoms with Crippen LogP contribution in [0.2, 0.25) is 0 Å². The van der Waals surface area contributed by atoms with E-state index in [-0.39, 0.29) is 18.9 Å². The molecule has 1 amide bonds. The van der Waals surface area contributed by atoms with E-state index >= 15 is 0 Å². The summed E-state index contributed by atoms with van der Waals surface area (Å²) in [7, 11) is 0. The highest BCUT2D eigenvalue weighted by Gasteiger charge is 2.50. The first kappa shape index (κ1) is 55.0. The quantitative estimate of drug-likeness (QED) is 0.0348. The van der Waals surface area contributed by atoms with E-state index in [1.165, 1.54) is 6.42 Å². The molecule has 0 saturated carbocycles. The topological polar surface area (TPSA) is 228 Å². The van der Waals surface area contributed by atoms with E-state index in [1.807, 2.05) is 18.2 Å². The average Bonchev–Trinajstić information content (AvgIpc) is 3.27. The van der Waals surface area contributed by atoms with E-state index in [4.69, 9.17) is 18.9 Å². The molecule has 2 fully saturated rings. The minimum atomic E-state index is -1.80. The average molecular weight is 876 g/mol. The second-order valence-corrected chi connectivity index (χ2v) is 15.4. The zero-order valence-corrected chi connectivity index (χ0v) is 36.8. The first-order chi connectivity index (χ1) is 30.1. The maximum atomic E-state index is 13.0. The number of aliphatic hydroxyl groups is 8. The Labute approximate surface area is 369 Å². The van der Waals surface area contributed by atoms with Crippen LogP contribution in [0.4, 0.5) is 0 Å². The number of hydrogen-bond acceptors (Lipinski definition) is 13. The summed E-state index contributed by atoms with van der Waals surface area (Å²) in [5.41, 5.74) is 0. The molecule has 0 aromatic rings. The molecule has 2 saturated heterocycles. The molecule has 12 unspecified atom stereocenters. The van der Waals surface area contributed by atoms with Gasteiger partial charge in [0.1, 0.15) is 48.8 Å². The number of rotatable bonds is 31. The molecule has 0 bridgehead atoms. The van der Waals surface area contributed by atoms with Gasteiger partial charge in [-0.2, -0.15) is 0 Å². The molecule has 12 atom stereocenters. The fourth-order valence-electron chi connectivity index (χ4n) is 6.56. The Bertz CT molecular complexity index is 1410. The normalized spacial score (nSPS) is 28.7. The van der Waals surface area contributed by atoms with Crippen LogP contribution in [-0.4, -0.2) is 140 Å². The van der Waals surface area contributed by atoms with Gasteiger partial charge in [-0.3, -0.25) is 4.79 Å². The van der Waals surface area contributed by atoms with E-state index in [2.05, 4.69) is 92.1 Å². The summed E-state index contributed by atoms with van der Waals surface area (Å²) in [5, 5.41) is 86.2. The summed E-state index contributed by atoms with van der Waals surface area (Å²) < 4.78 is 22.5. The van der Waals surface area contributed by atoms with Crippen molar-refractivity contribution in [2.24, 2.45) is 0 Å². The van der Waals surface area contributed by atoms with Crippen molar-refractivity contribution in [3.63, 3.8) is 0 Å². The lowest BCUT2D eigenvalue weighted by atomic mass is 9.97. The van der Waals surface area contributed by atoms with Crippen LogP contribution >= 0.6 is 0 Å². The van der Waals surface area contributed by atoms with Gasteiger partial charge in [-0.15, -0.1) is 0 Å². The Balaban J connectivity index is 1.92. The molecule has 0 aromatic carbocycles. The number of hydrogen-bond donors (Lipinski definition) is 9. The second-order valence-electron chi connectivity index (χ2n) is 15.4. The van der Waals surface area contributed by atoms with Crippen LogP contribution in [0.1, 0.15) is 104 Å². The minimum absolute atomic E-state index is 0.142. The van der Waals surface area contributed by atoms with Crippen molar-refractivity contribution in [3.8, 4) is 0 Å². The monoisotopic (exact) mass is 876 g/mol. The van der Waals surface area contributed by atoms with E-state index < -0.39 is 86.8 Å². The Morgan fingerprint density at radius 2 is 1.11 bits per heavy atom. The highest BCUT2D eigenvalue weighted by molar-refractivity contribution is 5.76. The van der Waals surface area contributed by atoms with Crippen molar-refractivity contribution in [1.82, 2.24) is 5.32 Å². The number of amides is 1. The third kappa shape index (κ3) is 22.0. The molecule has 2 heterocycles. The predicted octanol–water partition coefficient (Wildman–Crippen LogP) is 4.42. The molecular formula is C48H77NO13. The van der Waals surface area contributed by atoms with Gasteiger partial charge < -0.3 is 65.1 Å². The highest BCUT2D eigenvalue weighted by atomic mass is 16.7. The summed E-state index contributed by atoms with van der Waals surface area (Å²) in [6.45, 7) is 2.49. The lowest BCUT2D eigenvalue weighted by molar-refractivity contribution is -0.359. The fraction of sp³-hybridized carbons (Fsp3) is 0.646. The number of nitrogens with one attached hydrogen (secondary N) is 1. The second kappa shape index (κ2) is 34.3. The van der Waals surface area contributed by atoms with Gasteiger partial charge >= 0.3 is 0 Å². The van der Waals surface area contributed by atoms with E-state index in [1.54, 1.807) is 6.08 Å². The Kier molecular flexibility index (Phi) is 30.5. The van der Waals surface area contributed by atoms with Gasteiger partial charge in [-0.25, -0.2) is 0 Å². The smallest absolute Gasteiger partial charge is 0.220 e. The summed E-state index contributed by atoms with van der Waals surface area (Å²) in [5.74, 6) is -0.341. The maximum absolute atomic E-state index is 13.0. The molecule has 62 heavy (non-hydrogen) atoms. The van der Waals surface area contributed by atoms with Crippen LogP contribution in [0.25, 0.3) is 0 Å². The van der Waals surface area contributed by atoms with Gasteiger partial charge in [0.15, 0.2) is 12.6 Å². The molecule has 0 radical (unpaired) electrons.